The fraction of sp³-hybridized carbons (Fsp3) is 0.125. The third kappa shape index (κ3) is 3.58. The van der Waals surface area contributed by atoms with E-state index in [0.717, 1.165) is 5.56 Å². The molecule has 7 heteroatoms. The summed E-state index contributed by atoms with van der Waals surface area (Å²) in [7, 11) is 0. The van der Waals surface area contributed by atoms with Crippen LogP contribution in [0.1, 0.15) is 22.0 Å². The van der Waals surface area contributed by atoms with Gasteiger partial charge in [0.1, 0.15) is 6.33 Å². The highest BCUT2D eigenvalue weighted by atomic mass is 16.3. The van der Waals surface area contributed by atoms with Crippen LogP contribution in [0.3, 0.4) is 0 Å². The van der Waals surface area contributed by atoms with E-state index in [0.29, 0.717) is 11.3 Å². The largest absolute Gasteiger partial charge is 0.387 e. The van der Waals surface area contributed by atoms with E-state index in [-0.39, 0.29) is 12.5 Å². The maximum atomic E-state index is 12.2. The number of tetrazole rings is 1. The average molecular weight is 309 g/mol. The number of benzene rings is 2. The molecule has 23 heavy (non-hydrogen) atoms. The summed E-state index contributed by atoms with van der Waals surface area (Å²) in [5.41, 5.74) is 1.92. The summed E-state index contributed by atoms with van der Waals surface area (Å²) >= 11 is 0. The molecular formula is C16H15N5O2. The van der Waals surface area contributed by atoms with E-state index < -0.39 is 6.10 Å². The van der Waals surface area contributed by atoms with Crippen molar-refractivity contribution < 1.29 is 9.90 Å². The van der Waals surface area contributed by atoms with Gasteiger partial charge >= 0.3 is 0 Å². The smallest absolute Gasteiger partial charge is 0.251 e. The maximum absolute atomic E-state index is 12.2. The molecule has 0 aliphatic rings. The Balaban J connectivity index is 1.66. The van der Waals surface area contributed by atoms with Crippen LogP contribution in [-0.4, -0.2) is 37.8 Å². The number of aliphatic hydroxyl groups is 1. The van der Waals surface area contributed by atoms with Crippen LogP contribution >= 0.6 is 0 Å². The molecule has 0 aliphatic carbocycles. The molecule has 0 spiro atoms. The molecule has 1 amide bonds. The molecule has 2 aromatic carbocycles. The van der Waals surface area contributed by atoms with Gasteiger partial charge in [0.05, 0.1) is 11.8 Å². The summed E-state index contributed by atoms with van der Waals surface area (Å²) in [6.07, 6.45) is 0.707. The number of aromatic nitrogens is 4. The number of nitrogens with one attached hydrogen (secondary N) is 1. The van der Waals surface area contributed by atoms with Crippen molar-refractivity contribution in [2.24, 2.45) is 0 Å². The molecule has 3 aromatic rings. The molecule has 1 heterocycles. The van der Waals surface area contributed by atoms with Crippen LogP contribution in [0.2, 0.25) is 0 Å². The van der Waals surface area contributed by atoms with Crippen molar-refractivity contribution >= 4 is 5.91 Å². The minimum absolute atomic E-state index is 0.137. The number of aliphatic hydroxyl groups excluding tert-OH is 1. The lowest BCUT2D eigenvalue weighted by atomic mass is 10.1. The predicted octanol–water partition coefficient (Wildman–Crippen LogP) is 1.13. The number of amides is 1. The molecule has 0 saturated carbocycles. The molecule has 0 saturated heterocycles. The lowest BCUT2D eigenvalue weighted by Gasteiger charge is -2.12. The molecule has 0 aliphatic heterocycles. The Morgan fingerprint density at radius 2 is 2.00 bits per heavy atom. The van der Waals surface area contributed by atoms with Crippen molar-refractivity contribution in [1.82, 2.24) is 25.5 Å². The van der Waals surface area contributed by atoms with Gasteiger partial charge in [0.15, 0.2) is 0 Å². The van der Waals surface area contributed by atoms with E-state index in [9.17, 15) is 9.90 Å². The lowest BCUT2D eigenvalue weighted by Crippen LogP contribution is -2.28. The van der Waals surface area contributed by atoms with Crippen molar-refractivity contribution in [1.29, 1.82) is 0 Å². The third-order valence-corrected chi connectivity index (χ3v) is 3.36. The van der Waals surface area contributed by atoms with Crippen LogP contribution in [0, 0.1) is 0 Å². The highest BCUT2D eigenvalue weighted by Crippen LogP contribution is 2.12. The fourth-order valence-corrected chi connectivity index (χ4v) is 2.15. The maximum Gasteiger partial charge on any atom is 0.251 e. The van der Waals surface area contributed by atoms with Crippen molar-refractivity contribution in [3.63, 3.8) is 0 Å². The zero-order valence-electron chi connectivity index (χ0n) is 12.2. The summed E-state index contributed by atoms with van der Waals surface area (Å²) < 4.78 is 1.47. The molecular weight excluding hydrogens is 294 g/mol. The Labute approximate surface area is 132 Å². The van der Waals surface area contributed by atoms with Crippen molar-refractivity contribution in [2.45, 2.75) is 6.10 Å². The van der Waals surface area contributed by atoms with E-state index in [4.69, 9.17) is 0 Å². The zero-order chi connectivity index (χ0) is 16.1. The lowest BCUT2D eigenvalue weighted by molar-refractivity contribution is 0.0916. The summed E-state index contributed by atoms with van der Waals surface area (Å²) in [6, 6.07) is 16.1. The number of carbonyl (C=O) groups excluding carboxylic acids is 1. The van der Waals surface area contributed by atoms with Gasteiger partial charge in [-0.2, -0.15) is 0 Å². The number of hydrogen-bond donors (Lipinski definition) is 2. The van der Waals surface area contributed by atoms with E-state index in [1.54, 1.807) is 24.3 Å². The number of nitrogens with zero attached hydrogens (tertiary/aromatic N) is 4. The monoisotopic (exact) mass is 309 g/mol. The molecule has 0 bridgehead atoms. The van der Waals surface area contributed by atoms with Gasteiger partial charge in [-0.3, -0.25) is 4.79 Å². The molecule has 2 N–H and O–H groups in total. The van der Waals surface area contributed by atoms with Crippen LogP contribution in [0.15, 0.2) is 60.9 Å². The Morgan fingerprint density at radius 3 is 2.74 bits per heavy atom. The third-order valence-electron chi connectivity index (χ3n) is 3.36. The first-order chi connectivity index (χ1) is 11.2. The van der Waals surface area contributed by atoms with Gasteiger partial charge in [-0.1, -0.05) is 36.4 Å². The second-order valence-electron chi connectivity index (χ2n) is 4.94. The van der Waals surface area contributed by atoms with Gasteiger partial charge in [0, 0.05) is 12.1 Å². The number of carbonyl (C=O) groups is 1. The van der Waals surface area contributed by atoms with Gasteiger partial charge in [-0.25, -0.2) is 4.68 Å². The minimum atomic E-state index is -0.747. The molecule has 1 aromatic heterocycles. The quantitative estimate of drug-likeness (QED) is 0.737. The standard InChI is InChI=1S/C16H15N5O2/c22-15(12-5-2-1-3-6-12)10-17-16(23)13-7-4-8-14(9-13)21-11-18-19-20-21/h1-9,11,15,22H,10H2,(H,17,23)/t15-/m0/s1. The minimum Gasteiger partial charge on any atom is -0.387 e. The Bertz CT molecular complexity index is 774. The summed E-state index contributed by atoms with van der Waals surface area (Å²) in [4.78, 5) is 12.2. The highest BCUT2D eigenvalue weighted by Gasteiger charge is 2.11. The Morgan fingerprint density at radius 1 is 1.17 bits per heavy atom. The molecule has 0 unspecified atom stereocenters. The summed E-state index contributed by atoms with van der Waals surface area (Å²) in [5, 5.41) is 23.7. The van der Waals surface area contributed by atoms with Crippen molar-refractivity contribution in [3.05, 3.63) is 72.1 Å². The van der Waals surface area contributed by atoms with E-state index in [1.165, 1.54) is 11.0 Å². The van der Waals surface area contributed by atoms with Gasteiger partial charge in [0.2, 0.25) is 0 Å². The van der Waals surface area contributed by atoms with Gasteiger partial charge < -0.3 is 10.4 Å². The van der Waals surface area contributed by atoms with E-state index in [1.807, 2.05) is 30.3 Å². The summed E-state index contributed by atoms with van der Waals surface area (Å²) in [5.74, 6) is -0.269. The van der Waals surface area contributed by atoms with Crippen LogP contribution < -0.4 is 5.32 Å². The Hall–Kier alpha value is -3.06. The molecule has 0 fully saturated rings. The second kappa shape index (κ2) is 6.80. The summed E-state index contributed by atoms with van der Waals surface area (Å²) in [6.45, 7) is 0.137. The number of hydrogen-bond acceptors (Lipinski definition) is 5. The van der Waals surface area contributed by atoms with Crippen molar-refractivity contribution in [2.75, 3.05) is 6.54 Å². The first kappa shape index (κ1) is 14.9. The topological polar surface area (TPSA) is 92.9 Å². The fourth-order valence-electron chi connectivity index (χ4n) is 2.15. The van der Waals surface area contributed by atoms with E-state index in [2.05, 4.69) is 20.8 Å². The molecule has 1 atom stereocenters. The molecule has 0 radical (unpaired) electrons. The average Bonchev–Trinajstić information content (AvgIpc) is 3.15. The van der Waals surface area contributed by atoms with Crippen LogP contribution in [0.25, 0.3) is 5.69 Å². The zero-order valence-corrected chi connectivity index (χ0v) is 12.2. The molecule has 7 nitrogen and oxygen atoms in total. The van der Waals surface area contributed by atoms with Gasteiger partial charge in [-0.05, 0) is 34.2 Å². The van der Waals surface area contributed by atoms with Crippen LogP contribution in [-0.2, 0) is 0 Å². The molecule has 3 rings (SSSR count). The van der Waals surface area contributed by atoms with Crippen LogP contribution in [0.5, 0.6) is 0 Å². The molecule has 116 valence electrons. The second-order valence-corrected chi connectivity index (χ2v) is 4.94. The van der Waals surface area contributed by atoms with Crippen molar-refractivity contribution in [3.8, 4) is 5.69 Å². The highest BCUT2D eigenvalue weighted by molar-refractivity contribution is 5.94. The number of rotatable bonds is 5. The normalized spacial score (nSPS) is 11.9. The SMILES string of the molecule is O=C(NC[C@H](O)c1ccccc1)c1cccc(-n2cnnn2)c1. The van der Waals surface area contributed by atoms with E-state index >= 15 is 0 Å². The van der Waals surface area contributed by atoms with Gasteiger partial charge in [-0.15, -0.1) is 5.10 Å². The first-order valence-corrected chi connectivity index (χ1v) is 7.08. The first-order valence-electron chi connectivity index (χ1n) is 7.08. The van der Waals surface area contributed by atoms with Crippen LogP contribution in [0.4, 0.5) is 0 Å². The predicted molar refractivity (Wildman–Crippen MR) is 82.9 cm³/mol. The Kier molecular flexibility index (Phi) is 4.39. The van der Waals surface area contributed by atoms with Gasteiger partial charge in [0.25, 0.3) is 5.91 Å².